The Balaban J connectivity index is 3.04. The van der Waals surface area contributed by atoms with E-state index in [-0.39, 0.29) is 17.9 Å². The van der Waals surface area contributed by atoms with Crippen molar-refractivity contribution in [3.63, 3.8) is 0 Å². The third kappa shape index (κ3) is 5.03. The summed E-state index contributed by atoms with van der Waals surface area (Å²) >= 11 is 5.80. The van der Waals surface area contributed by atoms with Crippen LogP contribution in [0.3, 0.4) is 0 Å². The number of hydrogen-bond acceptors (Lipinski definition) is 1. The molecule has 1 aromatic carbocycles. The number of carbonyl (C=O) groups excluding carboxylic acids is 1. The Morgan fingerprint density at radius 2 is 1.81 bits per heavy atom. The van der Waals surface area contributed by atoms with E-state index in [9.17, 15) is 4.79 Å². The Kier molecular flexibility index (Phi) is 7.81. The van der Waals surface area contributed by atoms with Gasteiger partial charge < -0.3 is 4.90 Å². The Morgan fingerprint density at radius 3 is 2.29 bits per heavy atom. The molecule has 21 heavy (non-hydrogen) atoms. The normalized spacial score (nSPS) is 14.0. The molecule has 118 valence electrons. The maximum atomic E-state index is 13.1. The summed E-state index contributed by atoms with van der Waals surface area (Å²) in [6, 6.07) is 10.3. The minimum atomic E-state index is -0.0612. The maximum Gasteiger partial charge on any atom is 0.230 e. The van der Waals surface area contributed by atoms with Crippen molar-refractivity contribution in [2.45, 2.75) is 52.5 Å². The topological polar surface area (TPSA) is 20.3 Å². The molecule has 0 saturated carbocycles. The zero-order valence-electron chi connectivity index (χ0n) is 13.7. The second-order valence-corrected chi connectivity index (χ2v) is 6.32. The second-order valence-electron chi connectivity index (χ2n) is 5.94. The minimum absolute atomic E-state index is 0.0612. The van der Waals surface area contributed by atoms with Crippen molar-refractivity contribution >= 4 is 17.5 Å². The highest BCUT2D eigenvalue weighted by atomic mass is 35.5. The van der Waals surface area contributed by atoms with Gasteiger partial charge in [-0.25, -0.2) is 0 Å². The highest BCUT2D eigenvalue weighted by molar-refractivity contribution is 6.17. The zero-order chi connectivity index (χ0) is 15.8. The first-order chi connectivity index (χ1) is 10.0. The van der Waals surface area contributed by atoms with Crippen LogP contribution in [-0.4, -0.2) is 29.3 Å². The summed E-state index contributed by atoms with van der Waals surface area (Å²) in [7, 11) is 0. The van der Waals surface area contributed by atoms with Crippen molar-refractivity contribution in [1.29, 1.82) is 0 Å². The van der Waals surface area contributed by atoms with Gasteiger partial charge in [0.05, 0.1) is 5.92 Å². The summed E-state index contributed by atoms with van der Waals surface area (Å²) in [5.74, 6) is 1.09. The summed E-state index contributed by atoms with van der Waals surface area (Å²) in [4.78, 5) is 15.1. The van der Waals surface area contributed by atoms with Crippen molar-refractivity contribution in [3.8, 4) is 0 Å². The van der Waals surface area contributed by atoms with Crippen LogP contribution in [0.25, 0.3) is 0 Å². The van der Waals surface area contributed by atoms with E-state index in [1.54, 1.807) is 0 Å². The van der Waals surface area contributed by atoms with Crippen LogP contribution in [0.15, 0.2) is 30.3 Å². The first kappa shape index (κ1) is 18.0. The fourth-order valence-corrected chi connectivity index (χ4v) is 2.76. The van der Waals surface area contributed by atoms with E-state index < -0.39 is 0 Å². The standard InChI is InChI=1S/C18H28ClNO/c1-5-15(4)17(16-10-7-6-8-11-16)18(21)20(14(2)3)13-9-12-19/h6-8,10-11,14-15,17H,5,9,12-13H2,1-4H3. The number of alkyl halides is 1. The van der Waals surface area contributed by atoms with Gasteiger partial charge >= 0.3 is 0 Å². The van der Waals surface area contributed by atoms with E-state index in [1.165, 1.54) is 0 Å². The van der Waals surface area contributed by atoms with Crippen molar-refractivity contribution in [2.24, 2.45) is 5.92 Å². The van der Waals surface area contributed by atoms with Gasteiger partial charge in [-0.3, -0.25) is 4.79 Å². The number of benzene rings is 1. The van der Waals surface area contributed by atoms with Crippen LogP contribution in [0.5, 0.6) is 0 Å². The van der Waals surface area contributed by atoms with E-state index >= 15 is 0 Å². The van der Waals surface area contributed by atoms with E-state index in [2.05, 4.69) is 39.8 Å². The maximum absolute atomic E-state index is 13.1. The van der Waals surface area contributed by atoms with Crippen molar-refractivity contribution in [1.82, 2.24) is 4.90 Å². The van der Waals surface area contributed by atoms with Crippen LogP contribution in [0, 0.1) is 5.92 Å². The summed E-state index contributed by atoms with van der Waals surface area (Å²) in [6.07, 6.45) is 1.83. The van der Waals surface area contributed by atoms with Crippen LogP contribution in [0.1, 0.15) is 52.0 Å². The highest BCUT2D eigenvalue weighted by Gasteiger charge is 2.30. The fraction of sp³-hybridized carbons (Fsp3) is 0.611. The van der Waals surface area contributed by atoms with Gasteiger partial charge in [-0.1, -0.05) is 50.6 Å². The van der Waals surface area contributed by atoms with Gasteiger partial charge in [0.25, 0.3) is 0 Å². The molecule has 1 rings (SSSR count). The first-order valence-electron chi connectivity index (χ1n) is 7.94. The van der Waals surface area contributed by atoms with Crippen molar-refractivity contribution < 1.29 is 4.79 Å². The molecule has 2 atom stereocenters. The van der Waals surface area contributed by atoms with Crippen LogP contribution in [-0.2, 0) is 4.79 Å². The van der Waals surface area contributed by atoms with E-state index in [4.69, 9.17) is 11.6 Å². The molecule has 3 heteroatoms. The van der Waals surface area contributed by atoms with Crippen LogP contribution < -0.4 is 0 Å². The molecule has 0 radical (unpaired) electrons. The molecule has 0 heterocycles. The molecule has 2 nitrogen and oxygen atoms in total. The predicted octanol–water partition coefficient (Wildman–Crippen LogP) is 4.68. The van der Waals surface area contributed by atoms with Gasteiger partial charge in [-0.2, -0.15) is 0 Å². The minimum Gasteiger partial charge on any atom is -0.340 e. The summed E-state index contributed by atoms with van der Waals surface area (Å²) < 4.78 is 0. The number of nitrogens with zero attached hydrogens (tertiary/aromatic N) is 1. The lowest BCUT2D eigenvalue weighted by Gasteiger charge is -2.33. The molecule has 0 aromatic heterocycles. The molecule has 0 aliphatic rings. The predicted molar refractivity (Wildman–Crippen MR) is 90.8 cm³/mol. The van der Waals surface area contributed by atoms with E-state index in [0.29, 0.717) is 11.8 Å². The van der Waals surface area contributed by atoms with Gasteiger partial charge in [0.2, 0.25) is 5.91 Å². The average Bonchev–Trinajstić information content (AvgIpc) is 2.48. The molecule has 2 unspecified atom stereocenters. The van der Waals surface area contributed by atoms with Gasteiger partial charge in [-0.15, -0.1) is 11.6 Å². The molecule has 0 N–H and O–H groups in total. The highest BCUT2D eigenvalue weighted by Crippen LogP contribution is 2.29. The molecular weight excluding hydrogens is 282 g/mol. The van der Waals surface area contributed by atoms with Gasteiger partial charge in [0, 0.05) is 18.5 Å². The lowest BCUT2D eigenvalue weighted by atomic mass is 9.84. The Hall–Kier alpha value is -1.02. The quantitative estimate of drug-likeness (QED) is 0.638. The van der Waals surface area contributed by atoms with Crippen LogP contribution in [0.2, 0.25) is 0 Å². The molecule has 1 amide bonds. The van der Waals surface area contributed by atoms with Gasteiger partial charge in [0.15, 0.2) is 0 Å². The number of amides is 1. The summed E-state index contributed by atoms with van der Waals surface area (Å²) in [6.45, 7) is 9.19. The monoisotopic (exact) mass is 309 g/mol. The van der Waals surface area contributed by atoms with Crippen LogP contribution >= 0.6 is 11.6 Å². The average molecular weight is 310 g/mol. The molecule has 1 aromatic rings. The Bertz CT molecular complexity index is 418. The number of halogens is 1. The molecule has 0 aliphatic carbocycles. The first-order valence-corrected chi connectivity index (χ1v) is 8.47. The summed E-state index contributed by atoms with van der Waals surface area (Å²) in [5.41, 5.74) is 1.12. The molecule has 0 fully saturated rings. The largest absolute Gasteiger partial charge is 0.340 e. The molecular formula is C18H28ClNO. The van der Waals surface area contributed by atoms with Crippen LogP contribution in [0.4, 0.5) is 0 Å². The molecule has 0 spiro atoms. The third-order valence-corrected chi connectivity index (χ3v) is 4.34. The lowest BCUT2D eigenvalue weighted by Crippen LogP contribution is -2.42. The molecule has 0 aliphatic heterocycles. The molecule has 0 bridgehead atoms. The van der Waals surface area contributed by atoms with Crippen molar-refractivity contribution in [3.05, 3.63) is 35.9 Å². The van der Waals surface area contributed by atoms with E-state index in [0.717, 1.165) is 24.9 Å². The summed E-state index contributed by atoms with van der Waals surface area (Å²) in [5, 5.41) is 0. The SMILES string of the molecule is CCC(C)C(C(=O)N(CCCCl)C(C)C)c1ccccc1. The molecule has 0 saturated heterocycles. The van der Waals surface area contributed by atoms with Gasteiger partial charge in [0.1, 0.15) is 0 Å². The Labute approximate surface area is 134 Å². The fourth-order valence-electron chi connectivity index (χ4n) is 2.64. The second kappa shape index (κ2) is 9.09. The number of hydrogen-bond donors (Lipinski definition) is 0. The zero-order valence-corrected chi connectivity index (χ0v) is 14.4. The van der Waals surface area contributed by atoms with Crippen molar-refractivity contribution in [2.75, 3.05) is 12.4 Å². The van der Waals surface area contributed by atoms with E-state index in [1.807, 2.05) is 23.1 Å². The third-order valence-electron chi connectivity index (χ3n) is 4.08. The number of rotatable bonds is 8. The van der Waals surface area contributed by atoms with Gasteiger partial charge in [-0.05, 0) is 31.7 Å². The lowest BCUT2D eigenvalue weighted by molar-refractivity contribution is -0.135. The smallest absolute Gasteiger partial charge is 0.230 e. The Morgan fingerprint density at radius 1 is 1.19 bits per heavy atom. The number of carbonyl (C=O) groups is 1.